The SMILES string of the molecule is COc1ccc(N)cn1.Cl. The summed E-state index contributed by atoms with van der Waals surface area (Å²) in [6, 6.07) is 3.46. The molecule has 10 heavy (non-hydrogen) atoms. The molecule has 2 N–H and O–H groups in total. The summed E-state index contributed by atoms with van der Waals surface area (Å²) < 4.78 is 4.80. The zero-order valence-corrected chi connectivity index (χ0v) is 6.39. The van der Waals surface area contributed by atoms with Crippen molar-refractivity contribution in [1.82, 2.24) is 4.98 Å². The fourth-order valence-electron chi connectivity index (χ4n) is 0.512. The van der Waals surface area contributed by atoms with Crippen molar-refractivity contribution in [2.75, 3.05) is 12.8 Å². The normalized spacial score (nSPS) is 8.10. The van der Waals surface area contributed by atoms with Gasteiger partial charge >= 0.3 is 0 Å². The Balaban J connectivity index is 0.000000810. The summed E-state index contributed by atoms with van der Waals surface area (Å²) in [4.78, 5) is 3.85. The van der Waals surface area contributed by atoms with Crippen LogP contribution in [0.1, 0.15) is 0 Å². The summed E-state index contributed by atoms with van der Waals surface area (Å²) >= 11 is 0. The van der Waals surface area contributed by atoms with Crippen LogP contribution in [0.5, 0.6) is 5.88 Å². The molecule has 4 heteroatoms. The Bertz CT molecular complexity index is 187. The van der Waals surface area contributed by atoms with Gasteiger partial charge in [-0.3, -0.25) is 0 Å². The van der Waals surface area contributed by atoms with Gasteiger partial charge in [0.2, 0.25) is 5.88 Å². The van der Waals surface area contributed by atoms with Crippen LogP contribution in [0.15, 0.2) is 18.3 Å². The van der Waals surface area contributed by atoms with E-state index in [0.29, 0.717) is 11.6 Å². The maximum absolute atomic E-state index is 5.36. The number of hydrogen-bond donors (Lipinski definition) is 1. The first-order chi connectivity index (χ1) is 4.33. The lowest BCUT2D eigenvalue weighted by molar-refractivity contribution is 0.398. The number of anilines is 1. The first-order valence-electron chi connectivity index (χ1n) is 2.58. The molecule has 0 atom stereocenters. The standard InChI is InChI=1S/C6H8N2O.ClH/c1-9-6-3-2-5(7)4-8-6;/h2-4H,7H2,1H3;1H. The van der Waals surface area contributed by atoms with E-state index >= 15 is 0 Å². The molecule has 0 aliphatic carbocycles. The second-order valence-corrected chi connectivity index (χ2v) is 1.63. The fourth-order valence-corrected chi connectivity index (χ4v) is 0.512. The molecule has 0 fully saturated rings. The van der Waals surface area contributed by atoms with Gasteiger partial charge in [0.1, 0.15) is 0 Å². The van der Waals surface area contributed by atoms with Crippen LogP contribution in [-0.2, 0) is 0 Å². The molecule has 56 valence electrons. The van der Waals surface area contributed by atoms with Crippen LogP contribution in [0.4, 0.5) is 5.69 Å². The van der Waals surface area contributed by atoms with Gasteiger partial charge in [-0.2, -0.15) is 0 Å². The summed E-state index contributed by atoms with van der Waals surface area (Å²) in [5.74, 6) is 0.587. The number of halogens is 1. The fraction of sp³-hybridized carbons (Fsp3) is 0.167. The predicted molar refractivity (Wildman–Crippen MR) is 42.4 cm³/mol. The van der Waals surface area contributed by atoms with E-state index in [-0.39, 0.29) is 12.4 Å². The third-order valence-electron chi connectivity index (χ3n) is 0.968. The van der Waals surface area contributed by atoms with E-state index in [1.54, 1.807) is 25.4 Å². The molecule has 1 aromatic rings. The molecule has 0 saturated heterocycles. The number of methoxy groups -OCH3 is 1. The number of hydrogen-bond acceptors (Lipinski definition) is 3. The van der Waals surface area contributed by atoms with E-state index < -0.39 is 0 Å². The minimum atomic E-state index is 0. The Labute approximate surface area is 65.6 Å². The summed E-state index contributed by atoms with van der Waals surface area (Å²) in [5, 5.41) is 0. The molecule has 0 aliphatic rings. The largest absolute Gasteiger partial charge is 0.481 e. The van der Waals surface area contributed by atoms with Gasteiger partial charge in [-0.15, -0.1) is 12.4 Å². The third kappa shape index (κ3) is 2.11. The molecule has 1 heterocycles. The molecule has 1 aromatic heterocycles. The summed E-state index contributed by atoms with van der Waals surface area (Å²) in [5.41, 5.74) is 6.01. The lowest BCUT2D eigenvalue weighted by Gasteiger charge is -1.95. The molecule has 1 rings (SSSR count). The zero-order chi connectivity index (χ0) is 6.69. The Morgan fingerprint density at radius 3 is 2.60 bits per heavy atom. The highest BCUT2D eigenvalue weighted by atomic mass is 35.5. The van der Waals surface area contributed by atoms with Crippen molar-refractivity contribution < 1.29 is 4.74 Å². The summed E-state index contributed by atoms with van der Waals surface area (Å²) in [6.07, 6.45) is 1.55. The van der Waals surface area contributed by atoms with Crippen LogP contribution in [0.3, 0.4) is 0 Å². The predicted octanol–water partition coefficient (Wildman–Crippen LogP) is 1.09. The molecule has 0 aromatic carbocycles. The monoisotopic (exact) mass is 160 g/mol. The van der Waals surface area contributed by atoms with Crippen LogP contribution < -0.4 is 10.5 Å². The van der Waals surface area contributed by atoms with Gasteiger partial charge in [-0.1, -0.05) is 0 Å². The van der Waals surface area contributed by atoms with E-state index in [1.165, 1.54) is 0 Å². The Hall–Kier alpha value is -0.960. The van der Waals surface area contributed by atoms with Crippen molar-refractivity contribution in [2.45, 2.75) is 0 Å². The second kappa shape index (κ2) is 3.95. The van der Waals surface area contributed by atoms with E-state index in [9.17, 15) is 0 Å². The molecular formula is C6H9ClN2O. The Morgan fingerprint density at radius 2 is 2.20 bits per heavy atom. The molecule has 0 aliphatic heterocycles. The van der Waals surface area contributed by atoms with Gasteiger partial charge in [0.25, 0.3) is 0 Å². The lowest BCUT2D eigenvalue weighted by atomic mass is 10.4. The number of ether oxygens (including phenoxy) is 1. The highest BCUT2D eigenvalue weighted by molar-refractivity contribution is 5.85. The summed E-state index contributed by atoms with van der Waals surface area (Å²) in [6.45, 7) is 0. The van der Waals surface area contributed by atoms with Crippen molar-refractivity contribution in [1.29, 1.82) is 0 Å². The highest BCUT2D eigenvalue weighted by Crippen LogP contribution is 2.06. The van der Waals surface area contributed by atoms with Gasteiger partial charge in [-0.25, -0.2) is 4.98 Å². The minimum Gasteiger partial charge on any atom is -0.481 e. The number of rotatable bonds is 1. The van der Waals surface area contributed by atoms with Gasteiger partial charge in [0.15, 0.2) is 0 Å². The maximum atomic E-state index is 5.36. The molecule has 0 bridgehead atoms. The average molecular weight is 161 g/mol. The van der Waals surface area contributed by atoms with Gasteiger partial charge in [0.05, 0.1) is 19.0 Å². The quantitative estimate of drug-likeness (QED) is 0.669. The molecule has 3 nitrogen and oxygen atoms in total. The van der Waals surface area contributed by atoms with Gasteiger partial charge in [-0.05, 0) is 6.07 Å². The molecule has 0 unspecified atom stereocenters. The molecule has 0 saturated carbocycles. The molecule has 0 spiro atoms. The first kappa shape index (κ1) is 9.04. The van der Waals surface area contributed by atoms with Gasteiger partial charge in [0, 0.05) is 6.07 Å². The number of aromatic nitrogens is 1. The second-order valence-electron chi connectivity index (χ2n) is 1.63. The minimum absolute atomic E-state index is 0. The number of nitrogen functional groups attached to an aromatic ring is 1. The van der Waals surface area contributed by atoms with Crippen LogP contribution in [0.2, 0.25) is 0 Å². The number of nitrogens with zero attached hydrogens (tertiary/aromatic N) is 1. The van der Waals surface area contributed by atoms with E-state index in [2.05, 4.69) is 4.98 Å². The molecular weight excluding hydrogens is 152 g/mol. The highest BCUT2D eigenvalue weighted by Gasteiger charge is 1.87. The van der Waals surface area contributed by atoms with E-state index in [1.807, 2.05) is 0 Å². The van der Waals surface area contributed by atoms with E-state index in [4.69, 9.17) is 10.5 Å². The van der Waals surface area contributed by atoms with Crippen molar-refractivity contribution in [3.05, 3.63) is 18.3 Å². The van der Waals surface area contributed by atoms with Crippen molar-refractivity contribution >= 4 is 18.1 Å². The number of nitrogens with two attached hydrogens (primary N) is 1. The van der Waals surface area contributed by atoms with Crippen LogP contribution in [-0.4, -0.2) is 12.1 Å². The number of pyridine rings is 1. The Kier molecular flexibility index (Phi) is 3.57. The zero-order valence-electron chi connectivity index (χ0n) is 5.57. The topological polar surface area (TPSA) is 48.1 Å². The summed E-state index contributed by atoms with van der Waals surface area (Å²) in [7, 11) is 1.57. The van der Waals surface area contributed by atoms with Crippen LogP contribution in [0, 0.1) is 0 Å². The van der Waals surface area contributed by atoms with Gasteiger partial charge < -0.3 is 10.5 Å². The molecule has 0 amide bonds. The molecule has 0 radical (unpaired) electrons. The first-order valence-corrected chi connectivity index (χ1v) is 2.58. The van der Waals surface area contributed by atoms with Crippen molar-refractivity contribution in [2.24, 2.45) is 0 Å². The van der Waals surface area contributed by atoms with E-state index in [0.717, 1.165) is 0 Å². The van der Waals surface area contributed by atoms with Crippen molar-refractivity contribution in [3.8, 4) is 5.88 Å². The Morgan fingerprint density at radius 1 is 1.50 bits per heavy atom. The van der Waals surface area contributed by atoms with Crippen LogP contribution >= 0.6 is 12.4 Å². The third-order valence-corrected chi connectivity index (χ3v) is 0.968. The maximum Gasteiger partial charge on any atom is 0.213 e. The average Bonchev–Trinajstić information content (AvgIpc) is 1.90. The van der Waals surface area contributed by atoms with Crippen LogP contribution in [0.25, 0.3) is 0 Å². The van der Waals surface area contributed by atoms with Crippen molar-refractivity contribution in [3.63, 3.8) is 0 Å². The lowest BCUT2D eigenvalue weighted by Crippen LogP contribution is -1.89. The smallest absolute Gasteiger partial charge is 0.213 e.